The number of para-hydroxylation sites is 1. The number of anilines is 2. The molecule has 0 bridgehead atoms. The molecule has 4 heteroatoms. The summed E-state index contributed by atoms with van der Waals surface area (Å²) in [5, 5.41) is 0. The molecule has 1 aliphatic rings. The third-order valence-corrected chi connectivity index (χ3v) is 3.36. The number of carbonyl (C=O) groups is 1. The van der Waals surface area contributed by atoms with E-state index in [2.05, 4.69) is 11.1 Å². The Bertz CT molecular complexity index is 624. The number of nitrogens with zero attached hydrogens (tertiary/aromatic N) is 2. The van der Waals surface area contributed by atoms with Crippen LogP contribution in [0.5, 0.6) is 0 Å². The van der Waals surface area contributed by atoms with Crippen LogP contribution in [0.4, 0.5) is 11.4 Å². The van der Waals surface area contributed by atoms with Crippen molar-refractivity contribution in [3.63, 3.8) is 0 Å². The zero-order valence-corrected chi connectivity index (χ0v) is 10.5. The lowest BCUT2D eigenvalue weighted by atomic mass is 10.0. The third-order valence-electron chi connectivity index (χ3n) is 3.36. The highest BCUT2D eigenvalue weighted by molar-refractivity contribution is 6.05. The summed E-state index contributed by atoms with van der Waals surface area (Å²) in [5.41, 5.74) is 8.87. The Balaban J connectivity index is 1.98. The van der Waals surface area contributed by atoms with Gasteiger partial charge in [-0.3, -0.25) is 9.78 Å². The van der Waals surface area contributed by atoms with Crippen molar-refractivity contribution in [3.05, 3.63) is 53.9 Å². The summed E-state index contributed by atoms with van der Waals surface area (Å²) in [7, 11) is 0. The minimum absolute atomic E-state index is 0.0838. The first-order valence-corrected chi connectivity index (χ1v) is 6.37. The fraction of sp³-hybridized carbons (Fsp3) is 0.200. The monoisotopic (exact) mass is 253 g/mol. The van der Waals surface area contributed by atoms with E-state index in [1.807, 2.05) is 18.2 Å². The number of aryl methyl sites for hydroxylation is 1. The molecule has 3 rings (SSSR count). The van der Waals surface area contributed by atoms with Crippen molar-refractivity contribution in [2.45, 2.75) is 12.8 Å². The lowest BCUT2D eigenvalue weighted by Gasteiger charge is -2.29. The van der Waals surface area contributed by atoms with Crippen molar-refractivity contribution in [2.75, 3.05) is 17.2 Å². The molecule has 0 spiro atoms. The molecular formula is C15H15N3O. The van der Waals surface area contributed by atoms with Crippen molar-refractivity contribution in [2.24, 2.45) is 0 Å². The quantitative estimate of drug-likeness (QED) is 0.848. The van der Waals surface area contributed by atoms with Crippen LogP contribution >= 0.6 is 0 Å². The van der Waals surface area contributed by atoms with Gasteiger partial charge in [0.15, 0.2) is 0 Å². The topological polar surface area (TPSA) is 59.2 Å². The summed E-state index contributed by atoms with van der Waals surface area (Å²) in [5.74, 6) is -0.0838. The van der Waals surface area contributed by atoms with Crippen LogP contribution in [0.2, 0.25) is 0 Å². The van der Waals surface area contributed by atoms with Crippen molar-refractivity contribution in [1.82, 2.24) is 4.98 Å². The molecule has 2 aromatic rings. The molecule has 2 N–H and O–H groups in total. The van der Waals surface area contributed by atoms with Crippen LogP contribution in [0, 0.1) is 0 Å². The molecule has 1 aromatic heterocycles. The van der Waals surface area contributed by atoms with Gasteiger partial charge >= 0.3 is 0 Å². The number of nitrogen functional groups attached to an aromatic ring is 1. The predicted molar refractivity (Wildman–Crippen MR) is 75.1 cm³/mol. The van der Waals surface area contributed by atoms with Crippen LogP contribution in [0.25, 0.3) is 0 Å². The maximum atomic E-state index is 12.5. The van der Waals surface area contributed by atoms with Gasteiger partial charge in [0.2, 0.25) is 0 Å². The summed E-state index contributed by atoms with van der Waals surface area (Å²) in [6.45, 7) is 0.728. The molecule has 0 radical (unpaired) electrons. The molecule has 1 amide bonds. The number of amides is 1. The van der Waals surface area contributed by atoms with Gasteiger partial charge in [-0.05, 0) is 36.6 Å². The molecule has 2 heterocycles. The normalized spacial score (nSPS) is 14.0. The molecule has 1 aromatic carbocycles. The first-order chi connectivity index (χ1) is 9.25. The van der Waals surface area contributed by atoms with E-state index in [0.717, 1.165) is 25.1 Å². The number of aromatic nitrogens is 1. The molecule has 1 aliphatic heterocycles. The SMILES string of the molecule is Nc1ccnc(C(=O)N2CCCc3ccccc32)c1. The van der Waals surface area contributed by atoms with Gasteiger partial charge in [0, 0.05) is 24.1 Å². The maximum Gasteiger partial charge on any atom is 0.276 e. The summed E-state index contributed by atoms with van der Waals surface area (Å²) in [4.78, 5) is 18.4. The number of fused-ring (bicyclic) bond motifs is 1. The highest BCUT2D eigenvalue weighted by atomic mass is 16.2. The van der Waals surface area contributed by atoms with E-state index >= 15 is 0 Å². The molecule has 0 aliphatic carbocycles. The average Bonchev–Trinajstić information content (AvgIpc) is 2.46. The van der Waals surface area contributed by atoms with Crippen molar-refractivity contribution < 1.29 is 4.79 Å². The number of pyridine rings is 1. The second kappa shape index (κ2) is 4.72. The number of benzene rings is 1. The second-order valence-corrected chi connectivity index (χ2v) is 4.66. The maximum absolute atomic E-state index is 12.5. The van der Waals surface area contributed by atoms with E-state index in [0.29, 0.717) is 11.4 Å². The zero-order valence-electron chi connectivity index (χ0n) is 10.5. The van der Waals surface area contributed by atoms with Gasteiger partial charge < -0.3 is 10.6 Å². The molecule has 0 atom stereocenters. The Kier molecular flexibility index (Phi) is 2.91. The second-order valence-electron chi connectivity index (χ2n) is 4.66. The molecule has 4 nitrogen and oxygen atoms in total. The summed E-state index contributed by atoms with van der Waals surface area (Å²) in [6, 6.07) is 11.3. The smallest absolute Gasteiger partial charge is 0.276 e. The van der Waals surface area contributed by atoms with Crippen LogP contribution in [0.1, 0.15) is 22.5 Å². The summed E-state index contributed by atoms with van der Waals surface area (Å²) >= 11 is 0. The molecule has 0 saturated carbocycles. The van der Waals surface area contributed by atoms with Crippen LogP contribution in [-0.4, -0.2) is 17.4 Å². The average molecular weight is 253 g/mol. The van der Waals surface area contributed by atoms with E-state index in [-0.39, 0.29) is 5.91 Å². The Morgan fingerprint density at radius 3 is 2.95 bits per heavy atom. The van der Waals surface area contributed by atoms with Crippen molar-refractivity contribution in [1.29, 1.82) is 0 Å². The van der Waals surface area contributed by atoms with Crippen LogP contribution in [0.15, 0.2) is 42.6 Å². The van der Waals surface area contributed by atoms with E-state index in [4.69, 9.17) is 5.73 Å². The number of hydrogen-bond acceptors (Lipinski definition) is 3. The first kappa shape index (κ1) is 11.7. The Hall–Kier alpha value is -2.36. The van der Waals surface area contributed by atoms with Gasteiger partial charge in [-0.25, -0.2) is 0 Å². The summed E-state index contributed by atoms with van der Waals surface area (Å²) < 4.78 is 0. The standard InChI is InChI=1S/C15H15N3O/c16-12-7-8-17-13(10-12)15(19)18-9-3-5-11-4-1-2-6-14(11)18/h1-2,4,6-8,10H,3,5,9H2,(H2,16,17). The van der Waals surface area contributed by atoms with Gasteiger partial charge in [0.1, 0.15) is 5.69 Å². The molecule has 0 fully saturated rings. The van der Waals surface area contributed by atoms with Crippen LogP contribution in [0.3, 0.4) is 0 Å². The first-order valence-electron chi connectivity index (χ1n) is 6.37. The van der Waals surface area contributed by atoms with Crippen LogP contribution < -0.4 is 10.6 Å². The van der Waals surface area contributed by atoms with Crippen LogP contribution in [-0.2, 0) is 6.42 Å². The van der Waals surface area contributed by atoms with Gasteiger partial charge in [-0.1, -0.05) is 18.2 Å². The van der Waals surface area contributed by atoms with E-state index in [1.165, 1.54) is 5.56 Å². The number of hydrogen-bond donors (Lipinski definition) is 1. The van der Waals surface area contributed by atoms with E-state index < -0.39 is 0 Å². The summed E-state index contributed by atoms with van der Waals surface area (Å²) in [6.07, 6.45) is 3.56. The highest BCUT2D eigenvalue weighted by Gasteiger charge is 2.23. The Morgan fingerprint density at radius 1 is 1.26 bits per heavy atom. The third kappa shape index (κ3) is 2.17. The van der Waals surface area contributed by atoms with E-state index in [9.17, 15) is 4.79 Å². The fourth-order valence-electron chi connectivity index (χ4n) is 2.45. The largest absolute Gasteiger partial charge is 0.399 e. The number of carbonyl (C=O) groups excluding carboxylic acids is 1. The minimum Gasteiger partial charge on any atom is -0.399 e. The van der Waals surface area contributed by atoms with Crippen molar-refractivity contribution in [3.8, 4) is 0 Å². The molecule has 0 saturated heterocycles. The fourth-order valence-corrected chi connectivity index (χ4v) is 2.45. The molecule has 0 unspecified atom stereocenters. The van der Waals surface area contributed by atoms with Gasteiger partial charge in [0.05, 0.1) is 0 Å². The minimum atomic E-state index is -0.0838. The van der Waals surface area contributed by atoms with Gasteiger partial charge in [-0.2, -0.15) is 0 Å². The number of rotatable bonds is 1. The molecular weight excluding hydrogens is 238 g/mol. The number of nitrogens with two attached hydrogens (primary N) is 1. The molecule has 96 valence electrons. The Morgan fingerprint density at radius 2 is 2.11 bits per heavy atom. The Labute approximate surface area is 111 Å². The highest BCUT2D eigenvalue weighted by Crippen LogP contribution is 2.27. The lowest BCUT2D eigenvalue weighted by Crippen LogP contribution is -2.35. The van der Waals surface area contributed by atoms with Crippen molar-refractivity contribution >= 4 is 17.3 Å². The van der Waals surface area contributed by atoms with Gasteiger partial charge in [-0.15, -0.1) is 0 Å². The zero-order chi connectivity index (χ0) is 13.2. The lowest BCUT2D eigenvalue weighted by molar-refractivity contribution is 0.0980. The van der Waals surface area contributed by atoms with E-state index in [1.54, 1.807) is 23.2 Å². The predicted octanol–water partition coefficient (Wildman–Crippen LogP) is 2.26. The van der Waals surface area contributed by atoms with Gasteiger partial charge in [0.25, 0.3) is 5.91 Å². The molecule has 19 heavy (non-hydrogen) atoms.